The van der Waals surface area contributed by atoms with Crippen molar-refractivity contribution in [1.82, 2.24) is 25.2 Å². The molecular weight excluding hydrogens is 522 g/mol. The van der Waals surface area contributed by atoms with Crippen molar-refractivity contribution in [2.45, 2.75) is 72.6 Å². The van der Waals surface area contributed by atoms with Crippen molar-refractivity contribution in [3.8, 4) is 0 Å². The molecule has 0 radical (unpaired) electrons. The summed E-state index contributed by atoms with van der Waals surface area (Å²) in [6, 6.07) is 14.6. The average Bonchev–Trinajstić information content (AvgIpc) is 3.18. The number of fused-ring (bicyclic) bond motifs is 1. The summed E-state index contributed by atoms with van der Waals surface area (Å²) in [4.78, 5) is 58.6. The van der Waals surface area contributed by atoms with Crippen LogP contribution in [-0.4, -0.2) is 62.9 Å². The number of piperazine rings is 1. The lowest BCUT2D eigenvalue weighted by Crippen LogP contribution is -2.58. The van der Waals surface area contributed by atoms with Gasteiger partial charge >= 0.3 is 6.09 Å². The number of para-hydroxylation sites is 1. The van der Waals surface area contributed by atoms with E-state index < -0.39 is 23.6 Å². The van der Waals surface area contributed by atoms with Gasteiger partial charge in [0.1, 0.15) is 6.04 Å². The van der Waals surface area contributed by atoms with Gasteiger partial charge in [0, 0.05) is 40.8 Å². The van der Waals surface area contributed by atoms with Gasteiger partial charge in [-0.3, -0.25) is 14.4 Å². The van der Waals surface area contributed by atoms with Gasteiger partial charge in [0.25, 0.3) is 5.91 Å². The number of amides is 4. The summed E-state index contributed by atoms with van der Waals surface area (Å²) in [5, 5.41) is 3.69. The Bertz CT molecular complexity index is 1450. The molecule has 1 aromatic heterocycles. The predicted octanol–water partition coefficient (Wildman–Crippen LogP) is 4.14. The molecule has 1 aliphatic rings. The van der Waals surface area contributed by atoms with E-state index in [4.69, 9.17) is 4.84 Å². The molecule has 0 saturated carbocycles. The minimum atomic E-state index is -0.744. The lowest BCUT2D eigenvalue weighted by Gasteiger charge is -2.39. The number of hydroxylamine groups is 1. The molecule has 4 rings (SSSR count). The Balaban J connectivity index is 1.54. The Hall–Kier alpha value is -4.34. The fraction of sp³-hybridized carbons (Fsp3) is 0.419. The lowest BCUT2D eigenvalue weighted by molar-refractivity contribution is -0.155. The van der Waals surface area contributed by atoms with Crippen LogP contribution in [0.3, 0.4) is 0 Å². The van der Waals surface area contributed by atoms with E-state index in [1.54, 1.807) is 49.6 Å². The van der Waals surface area contributed by atoms with E-state index in [1.165, 1.54) is 0 Å². The highest BCUT2D eigenvalue weighted by Gasteiger charge is 2.36. The topological polar surface area (TPSA) is 113 Å². The van der Waals surface area contributed by atoms with Crippen molar-refractivity contribution >= 4 is 34.7 Å². The van der Waals surface area contributed by atoms with E-state index in [9.17, 15) is 19.2 Å². The molecular formula is C31H39N5O5. The molecule has 1 atom stereocenters. The summed E-state index contributed by atoms with van der Waals surface area (Å²) >= 11 is 0. The summed E-state index contributed by atoms with van der Waals surface area (Å²) in [5.41, 5.74) is 6.01. The van der Waals surface area contributed by atoms with Crippen molar-refractivity contribution in [2.75, 3.05) is 13.1 Å². The van der Waals surface area contributed by atoms with Crippen LogP contribution in [0.2, 0.25) is 0 Å². The monoisotopic (exact) mass is 561 g/mol. The average molecular weight is 562 g/mol. The molecule has 3 aromatic rings. The van der Waals surface area contributed by atoms with Crippen molar-refractivity contribution in [1.29, 1.82) is 0 Å². The predicted molar refractivity (Wildman–Crippen MR) is 156 cm³/mol. The van der Waals surface area contributed by atoms with Crippen molar-refractivity contribution < 1.29 is 24.0 Å². The first-order valence-electron chi connectivity index (χ1n) is 13.9. The third-order valence-electron chi connectivity index (χ3n) is 7.22. The molecule has 1 unspecified atom stereocenters. The largest absolute Gasteiger partial charge is 0.431 e. The maximum Gasteiger partial charge on any atom is 0.431 e. The number of carbonyl (C=O) groups is 4. The Morgan fingerprint density at radius 1 is 1.02 bits per heavy atom. The molecule has 2 aromatic carbocycles. The summed E-state index contributed by atoms with van der Waals surface area (Å²) in [5.74, 6) is -0.626. The molecule has 4 amide bonds. The molecule has 10 nitrogen and oxygen atoms in total. The maximum absolute atomic E-state index is 13.2. The third kappa shape index (κ3) is 6.70. The van der Waals surface area contributed by atoms with Crippen molar-refractivity contribution in [2.24, 2.45) is 0 Å². The van der Waals surface area contributed by atoms with E-state index in [0.717, 1.165) is 34.1 Å². The zero-order chi connectivity index (χ0) is 29.9. The second kappa shape index (κ2) is 12.0. The molecule has 0 aliphatic carbocycles. The van der Waals surface area contributed by atoms with Crippen LogP contribution in [0.5, 0.6) is 0 Å². The number of aryl methyl sites for hydroxylation is 1. The number of aromatic nitrogens is 1. The van der Waals surface area contributed by atoms with E-state index in [0.29, 0.717) is 25.2 Å². The third-order valence-corrected chi connectivity index (χ3v) is 7.22. The Morgan fingerprint density at radius 3 is 2.37 bits per heavy atom. The molecule has 2 N–H and O–H groups in total. The van der Waals surface area contributed by atoms with Gasteiger partial charge in [-0.15, -0.1) is 0 Å². The number of nitrogens with one attached hydrogen (secondary N) is 2. The van der Waals surface area contributed by atoms with Gasteiger partial charge in [-0.05, 0) is 70.4 Å². The number of hydrogen-bond donors (Lipinski definition) is 2. The lowest BCUT2D eigenvalue weighted by atomic mass is 10.1. The fourth-order valence-corrected chi connectivity index (χ4v) is 5.13. The molecule has 0 spiro atoms. The van der Waals surface area contributed by atoms with Crippen LogP contribution in [0.4, 0.5) is 4.79 Å². The first-order valence-corrected chi connectivity index (χ1v) is 13.9. The van der Waals surface area contributed by atoms with Crippen molar-refractivity contribution in [3.63, 3.8) is 0 Å². The number of rotatable bonds is 7. The van der Waals surface area contributed by atoms with Crippen LogP contribution in [0.1, 0.15) is 68.2 Å². The van der Waals surface area contributed by atoms with Crippen molar-refractivity contribution in [3.05, 3.63) is 70.9 Å². The van der Waals surface area contributed by atoms with E-state index in [2.05, 4.69) is 21.4 Å². The highest BCUT2D eigenvalue weighted by molar-refractivity contribution is 5.95. The second-order valence-electron chi connectivity index (χ2n) is 11.5. The molecule has 10 heteroatoms. The van der Waals surface area contributed by atoms with E-state index >= 15 is 0 Å². The van der Waals surface area contributed by atoms with Gasteiger partial charge in [0.15, 0.2) is 0 Å². The molecule has 1 fully saturated rings. The van der Waals surface area contributed by atoms with Crippen LogP contribution in [0, 0.1) is 6.92 Å². The molecule has 2 heterocycles. The van der Waals surface area contributed by atoms with Gasteiger partial charge in [-0.25, -0.2) is 4.79 Å². The van der Waals surface area contributed by atoms with Gasteiger partial charge < -0.3 is 24.5 Å². The molecule has 218 valence electrons. The zero-order valence-corrected chi connectivity index (χ0v) is 24.6. The van der Waals surface area contributed by atoms with Gasteiger partial charge in [-0.2, -0.15) is 5.48 Å². The quantitative estimate of drug-likeness (QED) is 0.421. The fourth-order valence-electron chi connectivity index (χ4n) is 5.13. The maximum atomic E-state index is 13.2. The summed E-state index contributed by atoms with van der Waals surface area (Å²) < 4.78 is 2.17. The highest BCUT2D eigenvalue weighted by atomic mass is 16.7. The number of carbonyl (C=O) groups excluding carboxylic acids is 4. The number of hydrogen-bond acceptors (Lipinski definition) is 5. The number of benzene rings is 2. The van der Waals surface area contributed by atoms with Gasteiger partial charge in [0.05, 0.1) is 13.1 Å². The molecule has 1 aliphatic heterocycles. The van der Waals surface area contributed by atoms with E-state index in [1.807, 2.05) is 44.2 Å². The highest BCUT2D eigenvalue weighted by Crippen LogP contribution is 2.29. The van der Waals surface area contributed by atoms with Crippen LogP contribution >= 0.6 is 0 Å². The van der Waals surface area contributed by atoms with Crippen LogP contribution in [0.15, 0.2) is 48.5 Å². The van der Waals surface area contributed by atoms with Gasteiger partial charge in [-0.1, -0.05) is 37.3 Å². The Labute approximate surface area is 240 Å². The Kier molecular flexibility index (Phi) is 8.70. The summed E-state index contributed by atoms with van der Waals surface area (Å²) in [6.07, 6.45) is 0.0603. The minimum Gasteiger partial charge on any atom is -0.338 e. The Morgan fingerprint density at radius 2 is 1.71 bits per heavy atom. The normalized spacial score (nSPS) is 15.8. The molecule has 0 bridgehead atoms. The van der Waals surface area contributed by atoms with Crippen LogP contribution < -0.4 is 10.8 Å². The first-order chi connectivity index (χ1) is 19.4. The first kappa shape index (κ1) is 29.6. The van der Waals surface area contributed by atoms with E-state index in [-0.39, 0.29) is 18.4 Å². The standard InChI is InChI=1S/C31H39N5O5/c1-7-16-34-19-27(37)35(21(3)29(34)39)18-26-20(2)24-10-8-9-11-25(24)36(26)17-22-12-14-23(15-13-22)28(38)33-41-30(40)32-31(4,5)6/h8-15,21H,7,16-19H2,1-6H3,(H,32,40)(H,33,38). The number of nitrogens with zero attached hydrogens (tertiary/aromatic N) is 3. The molecule has 41 heavy (non-hydrogen) atoms. The minimum absolute atomic E-state index is 0.0273. The SMILES string of the molecule is CCCN1CC(=O)N(Cc2c(C)c3ccccc3n2Cc2ccc(C(=O)NOC(=O)NC(C)(C)C)cc2)C(C)C1=O. The zero-order valence-electron chi connectivity index (χ0n) is 24.6. The molecule has 1 saturated heterocycles. The van der Waals surface area contributed by atoms with Crippen LogP contribution in [0.25, 0.3) is 10.9 Å². The smallest absolute Gasteiger partial charge is 0.338 e. The summed E-state index contributed by atoms with van der Waals surface area (Å²) in [7, 11) is 0. The second-order valence-corrected chi connectivity index (χ2v) is 11.5. The van der Waals surface area contributed by atoms with Crippen LogP contribution in [-0.2, 0) is 27.5 Å². The van der Waals surface area contributed by atoms with Gasteiger partial charge in [0.2, 0.25) is 11.8 Å². The summed E-state index contributed by atoms with van der Waals surface area (Å²) in [6.45, 7) is 12.8.